The first-order chi connectivity index (χ1) is 10.3. The van der Waals surface area contributed by atoms with Crippen molar-refractivity contribution in [2.45, 2.75) is 12.8 Å². The largest absolute Gasteiger partial charge is 0.497 e. The molecule has 21 heavy (non-hydrogen) atoms. The van der Waals surface area contributed by atoms with Crippen LogP contribution in [0.1, 0.15) is 11.1 Å². The second kappa shape index (κ2) is 8.32. The summed E-state index contributed by atoms with van der Waals surface area (Å²) in [5, 5.41) is 0. The van der Waals surface area contributed by atoms with Crippen molar-refractivity contribution in [2.24, 2.45) is 0 Å². The van der Waals surface area contributed by atoms with E-state index < -0.39 is 0 Å². The van der Waals surface area contributed by atoms with Crippen LogP contribution in [0.15, 0.2) is 48.5 Å². The van der Waals surface area contributed by atoms with Gasteiger partial charge in [0.15, 0.2) is 0 Å². The maximum absolute atomic E-state index is 5.71. The first-order valence-electron chi connectivity index (χ1n) is 7.15. The van der Waals surface area contributed by atoms with Crippen LogP contribution in [0.3, 0.4) is 0 Å². The van der Waals surface area contributed by atoms with Crippen molar-refractivity contribution in [3.8, 4) is 11.5 Å². The van der Waals surface area contributed by atoms with Gasteiger partial charge in [-0.1, -0.05) is 24.3 Å². The third kappa shape index (κ3) is 5.12. The average Bonchev–Trinajstić information content (AvgIpc) is 2.55. The fraction of sp³-hybridized carbons (Fsp3) is 0.333. The van der Waals surface area contributed by atoms with Crippen LogP contribution in [0.25, 0.3) is 0 Å². The molecule has 0 heterocycles. The van der Waals surface area contributed by atoms with E-state index in [1.165, 1.54) is 11.1 Å². The molecule has 0 amide bonds. The van der Waals surface area contributed by atoms with Crippen LogP contribution in [0, 0.1) is 0 Å². The van der Waals surface area contributed by atoms with E-state index in [-0.39, 0.29) is 0 Å². The van der Waals surface area contributed by atoms with Gasteiger partial charge in [-0.25, -0.2) is 0 Å². The summed E-state index contributed by atoms with van der Waals surface area (Å²) in [4.78, 5) is 0. The van der Waals surface area contributed by atoms with Crippen molar-refractivity contribution in [2.75, 3.05) is 27.4 Å². The quantitative estimate of drug-likeness (QED) is 0.695. The van der Waals surface area contributed by atoms with Crippen LogP contribution < -0.4 is 9.47 Å². The van der Waals surface area contributed by atoms with Gasteiger partial charge < -0.3 is 14.2 Å². The zero-order valence-electron chi connectivity index (χ0n) is 12.7. The van der Waals surface area contributed by atoms with Gasteiger partial charge in [0.25, 0.3) is 0 Å². The smallest absolute Gasteiger partial charge is 0.119 e. The number of hydrogen-bond donors (Lipinski definition) is 0. The number of ether oxygens (including phenoxy) is 3. The van der Waals surface area contributed by atoms with Gasteiger partial charge in [-0.15, -0.1) is 0 Å². The Morgan fingerprint density at radius 3 is 1.62 bits per heavy atom. The molecule has 2 aromatic rings. The van der Waals surface area contributed by atoms with Gasteiger partial charge in [0, 0.05) is 0 Å². The fourth-order valence-electron chi connectivity index (χ4n) is 2.14. The Bertz CT molecular complexity index is 502. The summed E-state index contributed by atoms with van der Waals surface area (Å²) < 4.78 is 16.1. The lowest BCUT2D eigenvalue weighted by Gasteiger charge is -2.07. The Morgan fingerprint density at radius 1 is 0.714 bits per heavy atom. The maximum atomic E-state index is 5.71. The lowest BCUT2D eigenvalue weighted by atomic mass is 10.1. The third-order valence-electron chi connectivity index (χ3n) is 3.34. The third-order valence-corrected chi connectivity index (χ3v) is 3.34. The molecule has 0 atom stereocenters. The topological polar surface area (TPSA) is 27.7 Å². The molecule has 0 radical (unpaired) electrons. The van der Waals surface area contributed by atoms with Crippen molar-refractivity contribution in [1.82, 2.24) is 0 Å². The minimum Gasteiger partial charge on any atom is -0.497 e. The van der Waals surface area contributed by atoms with Gasteiger partial charge >= 0.3 is 0 Å². The monoisotopic (exact) mass is 286 g/mol. The molecule has 3 heteroatoms. The summed E-state index contributed by atoms with van der Waals surface area (Å²) in [7, 11) is 3.37. The second-order valence-electron chi connectivity index (χ2n) is 4.82. The highest BCUT2D eigenvalue weighted by atomic mass is 16.5. The Kier molecular flexibility index (Phi) is 6.10. The summed E-state index contributed by atoms with van der Waals surface area (Å²) in [6.07, 6.45) is 1.80. The van der Waals surface area contributed by atoms with Gasteiger partial charge in [0.2, 0.25) is 0 Å². The number of hydrogen-bond acceptors (Lipinski definition) is 3. The standard InChI is InChI=1S/C18H22O3/c1-19-17-7-3-5-15(13-17)9-11-21-12-10-16-6-4-8-18(14-16)20-2/h3-8,13-14H,9-12H2,1-2H3. The Hall–Kier alpha value is -2.00. The summed E-state index contributed by atoms with van der Waals surface area (Å²) in [5.74, 6) is 1.78. The lowest BCUT2D eigenvalue weighted by Crippen LogP contribution is -2.03. The molecule has 2 rings (SSSR count). The van der Waals surface area contributed by atoms with Crippen LogP contribution in [0.4, 0.5) is 0 Å². The minimum atomic E-state index is 0.719. The van der Waals surface area contributed by atoms with Crippen LogP contribution in [-0.2, 0) is 17.6 Å². The normalized spacial score (nSPS) is 10.4. The fourth-order valence-corrected chi connectivity index (χ4v) is 2.14. The summed E-state index contributed by atoms with van der Waals surface area (Å²) in [6.45, 7) is 1.44. The molecule has 0 unspecified atom stereocenters. The zero-order valence-corrected chi connectivity index (χ0v) is 12.7. The molecule has 2 aromatic carbocycles. The van der Waals surface area contributed by atoms with Crippen molar-refractivity contribution in [3.05, 3.63) is 59.7 Å². The molecule has 0 spiro atoms. The van der Waals surface area contributed by atoms with Crippen LogP contribution in [0.5, 0.6) is 11.5 Å². The Labute approximate surface area is 126 Å². The second-order valence-corrected chi connectivity index (χ2v) is 4.82. The lowest BCUT2D eigenvalue weighted by molar-refractivity contribution is 0.140. The zero-order chi connectivity index (χ0) is 14.9. The predicted octanol–water partition coefficient (Wildman–Crippen LogP) is 3.51. The van der Waals surface area contributed by atoms with Crippen molar-refractivity contribution < 1.29 is 14.2 Å². The highest BCUT2D eigenvalue weighted by molar-refractivity contribution is 5.29. The molecular weight excluding hydrogens is 264 g/mol. The molecule has 0 aliphatic carbocycles. The molecule has 0 aliphatic rings. The van der Waals surface area contributed by atoms with E-state index in [0.29, 0.717) is 0 Å². The van der Waals surface area contributed by atoms with E-state index in [0.717, 1.165) is 37.6 Å². The molecule has 0 bridgehead atoms. The molecule has 0 aliphatic heterocycles. The van der Waals surface area contributed by atoms with E-state index in [4.69, 9.17) is 14.2 Å². The minimum absolute atomic E-state index is 0.719. The summed E-state index contributed by atoms with van der Waals surface area (Å²) in [5.41, 5.74) is 2.46. The van der Waals surface area contributed by atoms with E-state index in [2.05, 4.69) is 12.1 Å². The SMILES string of the molecule is COc1cccc(CCOCCc2cccc(OC)c2)c1. The maximum Gasteiger partial charge on any atom is 0.119 e. The first-order valence-corrected chi connectivity index (χ1v) is 7.15. The molecule has 112 valence electrons. The van der Waals surface area contributed by atoms with Gasteiger partial charge in [0.05, 0.1) is 27.4 Å². The van der Waals surface area contributed by atoms with Crippen LogP contribution in [-0.4, -0.2) is 27.4 Å². The van der Waals surface area contributed by atoms with Crippen molar-refractivity contribution >= 4 is 0 Å². The van der Waals surface area contributed by atoms with Crippen molar-refractivity contribution in [1.29, 1.82) is 0 Å². The van der Waals surface area contributed by atoms with E-state index in [9.17, 15) is 0 Å². The summed E-state index contributed by atoms with van der Waals surface area (Å²) in [6, 6.07) is 16.2. The first kappa shape index (κ1) is 15.4. The van der Waals surface area contributed by atoms with Gasteiger partial charge in [-0.2, -0.15) is 0 Å². The molecule has 0 fully saturated rings. The van der Waals surface area contributed by atoms with Gasteiger partial charge in [-0.05, 0) is 48.2 Å². The Morgan fingerprint density at radius 2 is 1.19 bits per heavy atom. The van der Waals surface area contributed by atoms with E-state index in [1.807, 2.05) is 36.4 Å². The summed E-state index contributed by atoms with van der Waals surface area (Å²) >= 11 is 0. The van der Waals surface area contributed by atoms with E-state index in [1.54, 1.807) is 14.2 Å². The molecule has 0 saturated heterocycles. The Balaban J connectivity index is 1.69. The van der Waals surface area contributed by atoms with Crippen molar-refractivity contribution in [3.63, 3.8) is 0 Å². The molecule has 3 nitrogen and oxygen atoms in total. The molecule has 0 saturated carbocycles. The van der Waals surface area contributed by atoms with Gasteiger partial charge in [0.1, 0.15) is 11.5 Å². The predicted molar refractivity (Wildman–Crippen MR) is 84.2 cm³/mol. The van der Waals surface area contributed by atoms with Gasteiger partial charge in [-0.3, -0.25) is 0 Å². The van der Waals surface area contributed by atoms with Crippen LogP contribution in [0.2, 0.25) is 0 Å². The average molecular weight is 286 g/mol. The molecule has 0 N–H and O–H groups in total. The van der Waals surface area contributed by atoms with Crippen LogP contribution >= 0.6 is 0 Å². The molecular formula is C18H22O3. The highest BCUT2D eigenvalue weighted by Gasteiger charge is 1.98. The highest BCUT2D eigenvalue weighted by Crippen LogP contribution is 2.14. The number of rotatable bonds is 8. The number of methoxy groups -OCH3 is 2. The number of benzene rings is 2. The van der Waals surface area contributed by atoms with E-state index >= 15 is 0 Å². The molecule has 0 aromatic heterocycles.